The van der Waals surface area contributed by atoms with E-state index < -0.39 is 5.60 Å². The maximum absolute atomic E-state index is 11.7. The van der Waals surface area contributed by atoms with Crippen LogP contribution in [0.25, 0.3) is 0 Å². The molecule has 82 valence electrons. The zero-order valence-electron chi connectivity index (χ0n) is 8.93. The number of nitrogens with zero attached hydrogens (tertiary/aromatic N) is 1. The number of ether oxygens (including phenoxy) is 1. The molecular formula is C10H13ClN2O2. The molecule has 1 aliphatic rings. The van der Waals surface area contributed by atoms with Crippen molar-refractivity contribution in [3.63, 3.8) is 0 Å². The second-order valence-corrected chi connectivity index (χ2v) is 4.85. The zero-order chi connectivity index (χ0) is 11.2. The lowest BCUT2D eigenvalue weighted by Gasteiger charge is -2.17. The summed E-state index contributed by atoms with van der Waals surface area (Å²) in [5.74, 6) is 0.499. The number of hydrogen-bond donors (Lipinski definition) is 1. The summed E-state index contributed by atoms with van der Waals surface area (Å²) in [5.41, 5.74) is 0.673. The highest BCUT2D eigenvalue weighted by atomic mass is 35.5. The predicted molar refractivity (Wildman–Crippen MR) is 56.9 cm³/mol. The Bertz CT molecular complexity index is 451. The molecule has 15 heavy (non-hydrogen) atoms. The standard InChI is InChI=1S/C10H13ClN2O2/c1-5(11)8-12-7-6(9(14)13-8)4-15-10(7,2)3/h5H,4H2,1-3H3,(H,12,13,14). The van der Waals surface area contributed by atoms with Gasteiger partial charge in [-0.2, -0.15) is 0 Å². The number of halogens is 1. The van der Waals surface area contributed by atoms with Gasteiger partial charge < -0.3 is 9.72 Å². The van der Waals surface area contributed by atoms with Crippen molar-refractivity contribution in [2.75, 3.05) is 0 Å². The smallest absolute Gasteiger partial charge is 0.256 e. The molecule has 0 bridgehead atoms. The van der Waals surface area contributed by atoms with Gasteiger partial charge in [-0.15, -0.1) is 11.6 Å². The zero-order valence-corrected chi connectivity index (χ0v) is 9.68. The van der Waals surface area contributed by atoms with Crippen molar-refractivity contribution in [3.05, 3.63) is 27.4 Å². The minimum Gasteiger partial charge on any atom is -0.364 e. The SMILES string of the molecule is CC(Cl)c1nc2c(c(=O)[nH]1)COC2(C)C. The average molecular weight is 229 g/mol. The molecule has 1 N–H and O–H groups in total. The summed E-state index contributed by atoms with van der Waals surface area (Å²) in [6.45, 7) is 5.89. The number of H-pyrrole nitrogens is 1. The van der Waals surface area contributed by atoms with Crippen molar-refractivity contribution >= 4 is 11.6 Å². The van der Waals surface area contributed by atoms with Gasteiger partial charge in [0, 0.05) is 0 Å². The molecule has 5 heteroatoms. The summed E-state index contributed by atoms with van der Waals surface area (Å²) < 4.78 is 5.50. The highest BCUT2D eigenvalue weighted by Crippen LogP contribution is 2.32. The quantitative estimate of drug-likeness (QED) is 0.747. The van der Waals surface area contributed by atoms with E-state index >= 15 is 0 Å². The maximum Gasteiger partial charge on any atom is 0.256 e. The Morgan fingerprint density at radius 2 is 2.27 bits per heavy atom. The minimum atomic E-state index is -0.496. The summed E-state index contributed by atoms with van der Waals surface area (Å²) in [6.07, 6.45) is 0. The van der Waals surface area contributed by atoms with Crippen LogP contribution in [0.2, 0.25) is 0 Å². The van der Waals surface area contributed by atoms with Crippen LogP contribution in [0, 0.1) is 0 Å². The van der Waals surface area contributed by atoms with Crippen LogP contribution in [0.15, 0.2) is 4.79 Å². The largest absolute Gasteiger partial charge is 0.364 e. The van der Waals surface area contributed by atoms with E-state index in [1.54, 1.807) is 6.92 Å². The Kier molecular flexibility index (Phi) is 2.35. The number of hydrogen-bond acceptors (Lipinski definition) is 3. The van der Waals surface area contributed by atoms with E-state index in [-0.39, 0.29) is 10.9 Å². The molecule has 2 heterocycles. The van der Waals surface area contributed by atoms with E-state index in [0.29, 0.717) is 23.7 Å². The third-order valence-electron chi connectivity index (χ3n) is 2.56. The first-order valence-corrected chi connectivity index (χ1v) is 5.27. The van der Waals surface area contributed by atoms with Gasteiger partial charge in [-0.25, -0.2) is 4.98 Å². The van der Waals surface area contributed by atoms with Crippen molar-refractivity contribution < 1.29 is 4.74 Å². The second kappa shape index (κ2) is 3.32. The van der Waals surface area contributed by atoms with Gasteiger partial charge in [0.25, 0.3) is 5.56 Å². The van der Waals surface area contributed by atoms with E-state index in [2.05, 4.69) is 9.97 Å². The highest BCUT2D eigenvalue weighted by molar-refractivity contribution is 6.20. The van der Waals surface area contributed by atoms with Gasteiger partial charge in [-0.3, -0.25) is 4.79 Å². The molecule has 0 aromatic carbocycles. The van der Waals surface area contributed by atoms with Crippen molar-refractivity contribution in [1.82, 2.24) is 9.97 Å². The Labute approximate surface area is 92.6 Å². The van der Waals surface area contributed by atoms with Gasteiger partial charge in [0.1, 0.15) is 11.4 Å². The van der Waals surface area contributed by atoms with Crippen LogP contribution >= 0.6 is 11.6 Å². The fraction of sp³-hybridized carbons (Fsp3) is 0.600. The van der Waals surface area contributed by atoms with Crippen LogP contribution in [0.1, 0.15) is 43.2 Å². The van der Waals surface area contributed by atoms with Crippen molar-refractivity contribution in [2.24, 2.45) is 0 Å². The molecule has 0 saturated carbocycles. The number of alkyl halides is 1. The van der Waals surface area contributed by atoms with Crippen molar-refractivity contribution in [1.29, 1.82) is 0 Å². The molecule has 4 nitrogen and oxygen atoms in total. The fourth-order valence-electron chi connectivity index (χ4n) is 1.66. The van der Waals surface area contributed by atoms with Crippen LogP contribution in [0.3, 0.4) is 0 Å². The maximum atomic E-state index is 11.7. The highest BCUT2D eigenvalue weighted by Gasteiger charge is 2.35. The summed E-state index contributed by atoms with van der Waals surface area (Å²) in [4.78, 5) is 18.7. The first kappa shape index (κ1) is 10.6. The molecule has 0 spiro atoms. The number of aromatic nitrogens is 2. The summed E-state index contributed by atoms with van der Waals surface area (Å²) in [6, 6.07) is 0. The molecule has 1 aromatic heterocycles. The molecule has 2 rings (SSSR count). The Morgan fingerprint density at radius 3 is 2.87 bits per heavy atom. The van der Waals surface area contributed by atoms with E-state index in [1.165, 1.54) is 0 Å². The van der Waals surface area contributed by atoms with Crippen LogP contribution in [0.4, 0.5) is 0 Å². The van der Waals surface area contributed by atoms with Gasteiger partial charge in [0.15, 0.2) is 0 Å². The number of fused-ring (bicyclic) bond motifs is 1. The molecule has 0 amide bonds. The van der Waals surface area contributed by atoms with Gasteiger partial charge in [0.05, 0.1) is 23.2 Å². The Hall–Kier alpha value is -0.870. The first-order valence-electron chi connectivity index (χ1n) is 4.83. The van der Waals surface area contributed by atoms with E-state index in [1.807, 2.05) is 13.8 Å². The second-order valence-electron chi connectivity index (χ2n) is 4.19. The van der Waals surface area contributed by atoms with Gasteiger partial charge in [0.2, 0.25) is 0 Å². The molecule has 0 fully saturated rings. The Morgan fingerprint density at radius 1 is 1.60 bits per heavy atom. The molecule has 0 saturated heterocycles. The molecule has 1 atom stereocenters. The van der Waals surface area contributed by atoms with Gasteiger partial charge in [-0.05, 0) is 20.8 Å². The van der Waals surface area contributed by atoms with Crippen molar-refractivity contribution in [3.8, 4) is 0 Å². The lowest BCUT2D eigenvalue weighted by atomic mass is 10.0. The molecular weight excluding hydrogens is 216 g/mol. The summed E-state index contributed by atoms with van der Waals surface area (Å²) >= 11 is 5.90. The van der Waals surface area contributed by atoms with Crippen molar-refractivity contribution in [2.45, 2.75) is 38.4 Å². The molecule has 1 aliphatic heterocycles. The fourth-order valence-corrected chi connectivity index (χ4v) is 1.76. The molecule has 0 radical (unpaired) electrons. The topological polar surface area (TPSA) is 55.0 Å². The minimum absolute atomic E-state index is 0.145. The lowest BCUT2D eigenvalue weighted by Crippen LogP contribution is -2.22. The Balaban J connectivity index is 2.64. The summed E-state index contributed by atoms with van der Waals surface area (Å²) in [5, 5.41) is -0.306. The number of aromatic amines is 1. The number of nitrogens with one attached hydrogen (secondary N) is 1. The lowest BCUT2D eigenvalue weighted by molar-refractivity contribution is -0.0102. The number of rotatable bonds is 1. The van der Waals surface area contributed by atoms with Crippen LogP contribution in [-0.2, 0) is 16.9 Å². The first-order chi connectivity index (χ1) is 6.92. The third kappa shape index (κ3) is 1.68. The van der Waals surface area contributed by atoms with Gasteiger partial charge >= 0.3 is 0 Å². The molecule has 1 unspecified atom stereocenters. The van der Waals surface area contributed by atoms with Crippen LogP contribution in [0.5, 0.6) is 0 Å². The molecule has 0 aliphatic carbocycles. The van der Waals surface area contributed by atoms with Gasteiger partial charge in [-0.1, -0.05) is 0 Å². The average Bonchev–Trinajstić information content (AvgIpc) is 2.43. The van der Waals surface area contributed by atoms with Crippen LogP contribution < -0.4 is 5.56 Å². The van der Waals surface area contributed by atoms with E-state index in [9.17, 15) is 4.79 Å². The third-order valence-corrected chi connectivity index (χ3v) is 2.76. The van der Waals surface area contributed by atoms with E-state index in [0.717, 1.165) is 0 Å². The summed E-state index contributed by atoms with van der Waals surface area (Å²) in [7, 11) is 0. The van der Waals surface area contributed by atoms with E-state index in [4.69, 9.17) is 16.3 Å². The predicted octanol–water partition coefficient (Wildman–Crippen LogP) is 1.83. The monoisotopic (exact) mass is 228 g/mol. The molecule has 1 aromatic rings. The van der Waals surface area contributed by atoms with Crippen LogP contribution in [-0.4, -0.2) is 9.97 Å². The normalized spacial score (nSPS) is 20.0.